The zero-order chi connectivity index (χ0) is 17.1. The third kappa shape index (κ3) is 3.72. The van der Waals surface area contributed by atoms with Crippen LogP contribution in [0.5, 0.6) is 5.75 Å². The van der Waals surface area contributed by atoms with Gasteiger partial charge in [0.1, 0.15) is 5.75 Å². The van der Waals surface area contributed by atoms with E-state index in [1.54, 1.807) is 6.92 Å². The van der Waals surface area contributed by atoms with E-state index in [9.17, 15) is 4.79 Å². The van der Waals surface area contributed by atoms with Crippen molar-refractivity contribution in [2.45, 2.75) is 71.0 Å². The van der Waals surface area contributed by atoms with Crippen molar-refractivity contribution in [3.05, 3.63) is 29.8 Å². The van der Waals surface area contributed by atoms with Gasteiger partial charge in [-0.05, 0) is 41.2 Å². The molecule has 0 aliphatic carbocycles. The maximum absolute atomic E-state index is 11.1. The number of carbonyl (C=O) groups is 1. The molecule has 1 aromatic carbocycles. The molecule has 1 atom stereocenters. The molecule has 0 aliphatic rings. The van der Waals surface area contributed by atoms with E-state index in [-0.39, 0.29) is 0 Å². The quantitative estimate of drug-likeness (QED) is 0.681. The van der Waals surface area contributed by atoms with Gasteiger partial charge in [-0.1, -0.05) is 53.7 Å². The summed E-state index contributed by atoms with van der Waals surface area (Å²) in [6, 6.07) is 7.58. The lowest BCUT2D eigenvalue weighted by molar-refractivity contribution is -0.138. The molecule has 0 spiro atoms. The van der Waals surface area contributed by atoms with Crippen LogP contribution >= 0.6 is 0 Å². The van der Waals surface area contributed by atoms with Gasteiger partial charge >= 0.3 is 5.97 Å². The number of rotatable bonds is 7. The lowest BCUT2D eigenvalue weighted by Gasteiger charge is -2.42. The molecule has 0 radical (unpaired) electrons. The van der Waals surface area contributed by atoms with Gasteiger partial charge in [0.15, 0.2) is 0 Å². The molecule has 0 fully saturated rings. The highest BCUT2D eigenvalue weighted by molar-refractivity contribution is 6.78. The summed E-state index contributed by atoms with van der Waals surface area (Å²) in [6.07, 6.45) is 0. The van der Waals surface area contributed by atoms with Crippen LogP contribution in [0, 0.1) is 0 Å². The van der Waals surface area contributed by atoms with Gasteiger partial charge in [0, 0.05) is 0 Å². The second-order valence-corrected chi connectivity index (χ2v) is 12.4. The van der Waals surface area contributed by atoms with Gasteiger partial charge < -0.3 is 9.53 Å². The number of benzene rings is 1. The first-order chi connectivity index (χ1) is 10.1. The highest BCUT2D eigenvalue weighted by Gasteiger charge is 2.46. The fourth-order valence-corrected chi connectivity index (χ4v) is 8.78. The average molecular weight is 323 g/mol. The Morgan fingerprint density at radius 2 is 1.32 bits per heavy atom. The summed E-state index contributed by atoms with van der Waals surface area (Å²) in [5, 5.41) is 9.09. The van der Waals surface area contributed by atoms with Crippen LogP contribution in [0.15, 0.2) is 24.3 Å². The maximum atomic E-state index is 11.1. The van der Waals surface area contributed by atoms with Crippen LogP contribution < -0.4 is 4.43 Å². The molecule has 0 aliphatic heterocycles. The Morgan fingerprint density at radius 3 is 1.64 bits per heavy atom. The third-order valence-electron chi connectivity index (χ3n) is 4.75. The largest absolute Gasteiger partial charge is 0.543 e. The van der Waals surface area contributed by atoms with E-state index in [1.807, 2.05) is 24.3 Å². The highest BCUT2D eigenvalue weighted by Crippen LogP contribution is 2.42. The minimum atomic E-state index is -1.95. The van der Waals surface area contributed by atoms with Gasteiger partial charge in [0.25, 0.3) is 8.32 Å². The van der Waals surface area contributed by atoms with E-state index in [4.69, 9.17) is 9.53 Å². The minimum Gasteiger partial charge on any atom is -0.543 e. The van der Waals surface area contributed by atoms with Crippen molar-refractivity contribution in [3.63, 3.8) is 0 Å². The molecule has 0 amide bonds. The van der Waals surface area contributed by atoms with Crippen molar-refractivity contribution < 1.29 is 14.3 Å². The number of aliphatic carboxylic acids is 1. The highest BCUT2D eigenvalue weighted by atomic mass is 28.4. The first kappa shape index (κ1) is 18.8. The monoisotopic (exact) mass is 322 g/mol. The predicted molar refractivity (Wildman–Crippen MR) is 94.2 cm³/mol. The molecule has 1 rings (SSSR count). The zero-order valence-electron chi connectivity index (χ0n) is 14.9. The van der Waals surface area contributed by atoms with Crippen LogP contribution in [0.4, 0.5) is 0 Å². The summed E-state index contributed by atoms with van der Waals surface area (Å²) in [6.45, 7) is 15.2. The fourth-order valence-electron chi connectivity index (χ4n) is 3.52. The van der Waals surface area contributed by atoms with Gasteiger partial charge in [-0.2, -0.15) is 0 Å². The van der Waals surface area contributed by atoms with Gasteiger partial charge in [0.2, 0.25) is 0 Å². The molecule has 0 aromatic heterocycles. The summed E-state index contributed by atoms with van der Waals surface area (Å²) in [5.74, 6) is -0.426. The van der Waals surface area contributed by atoms with Gasteiger partial charge in [0.05, 0.1) is 5.92 Å². The lowest BCUT2D eigenvalue weighted by Crippen LogP contribution is -2.50. The van der Waals surface area contributed by atoms with E-state index in [2.05, 4.69) is 41.5 Å². The number of hydrogen-bond acceptors (Lipinski definition) is 2. The lowest BCUT2D eigenvalue weighted by atomic mass is 10.0. The van der Waals surface area contributed by atoms with E-state index >= 15 is 0 Å². The summed E-state index contributed by atoms with van der Waals surface area (Å²) in [4.78, 5) is 11.1. The van der Waals surface area contributed by atoms with Gasteiger partial charge in [-0.3, -0.25) is 4.79 Å². The Labute approximate surface area is 135 Å². The summed E-state index contributed by atoms with van der Waals surface area (Å²) in [5.41, 5.74) is 2.37. The second kappa shape index (κ2) is 7.31. The van der Waals surface area contributed by atoms with Crippen molar-refractivity contribution in [1.82, 2.24) is 0 Å². The molecule has 0 bridgehead atoms. The molecule has 4 heteroatoms. The van der Waals surface area contributed by atoms with Crippen LogP contribution in [-0.2, 0) is 4.79 Å². The molecule has 22 heavy (non-hydrogen) atoms. The first-order valence-electron chi connectivity index (χ1n) is 8.14. The smallest absolute Gasteiger partial charge is 0.310 e. The van der Waals surface area contributed by atoms with E-state index in [0.717, 1.165) is 11.3 Å². The Balaban J connectivity index is 3.08. The molecule has 1 N–H and O–H groups in total. The van der Waals surface area contributed by atoms with Crippen LogP contribution in [0.2, 0.25) is 16.6 Å². The summed E-state index contributed by atoms with van der Waals surface area (Å²) < 4.78 is 6.57. The van der Waals surface area contributed by atoms with Crippen molar-refractivity contribution in [3.8, 4) is 5.75 Å². The Morgan fingerprint density at radius 1 is 0.909 bits per heavy atom. The summed E-state index contributed by atoms with van der Waals surface area (Å²) >= 11 is 0. The first-order valence-corrected chi connectivity index (χ1v) is 10.3. The van der Waals surface area contributed by atoms with Crippen LogP contribution in [-0.4, -0.2) is 19.4 Å². The normalized spacial score (nSPS) is 13.7. The molecular formula is C18H30O3Si. The Bertz CT molecular complexity index is 470. The SMILES string of the molecule is CC(C(=O)O)c1ccc(O[Si](C(C)C)(C(C)C)C(C)C)cc1. The van der Waals surface area contributed by atoms with Crippen molar-refractivity contribution in [2.24, 2.45) is 0 Å². The second-order valence-electron chi connectivity index (χ2n) is 7.05. The minimum absolute atomic E-state index is 0.489. The van der Waals surface area contributed by atoms with E-state index in [0.29, 0.717) is 16.6 Å². The topological polar surface area (TPSA) is 46.5 Å². The van der Waals surface area contributed by atoms with Gasteiger partial charge in [-0.15, -0.1) is 0 Å². The van der Waals surface area contributed by atoms with Crippen molar-refractivity contribution in [2.75, 3.05) is 0 Å². The number of carboxylic acid groups (broad SMARTS) is 1. The fraction of sp³-hybridized carbons (Fsp3) is 0.611. The Kier molecular flexibility index (Phi) is 6.24. The van der Waals surface area contributed by atoms with Crippen LogP contribution in [0.3, 0.4) is 0 Å². The maximum Gasteiger partial charge on any atom is 0.310 e. The molecule has 1 unspecified atom stereocenters. The summed E-state index contributed by atoms with van der Waals surface area (Å²) in [7, 11) is -1.95. The van der Waals surface area contributed by atoms with Crippen LogP contribution in [0.25, 0.3) is 0 Å². The number of carboxylic acids is 1. The van der Waals surface area contributed by atoms with E-state index < -0.39 is 20.2 Å². The molecule has 0 heterocycles. The molecular weight excluding hydrogens is 292 g/mol. The molecule has 0 saturated carbocycles. The molecule has 0 saturated heterocycles. The standard InChI is InChI=1S/C18H30O3Si/c1-12(2)22(13(3)4,14(5)6)21-17-10-8-16(9-11-17)15(7)18(19)20/h8-15H,1-7H3,(H,19,20). The van der Waals surface area contributed by atoms with E-state index in [1.165, 1.54) is 0 Å². The van der Waals surface area contributed by atoms with Crippen LogP contribution in [0.1, 0.15) is 59.9 Å². The molecule has 1 aromatic rings. The Hall–Kier alpha value is -1.29. The average Bonchev–Trinajstić information content (AvgIpc) is 2.43. The zero-order valence-corrected chi connectivity index (χ0v) is 15.9. The number of hydrogen-bond donors (Lipinski definition) is 1. The van der Waals surface area contributed by atoms with Gasteiger partial charge in [-0.25, -0.2) is 0 Å². The molecule has 3 nitrogen and oxygen atoms in total. The van der Waals surface area contributed by atoms with Crippen molar-refractivity contribution >= 4 is 14.3 Å². The molecule has 124 valence electrons. The third-order valence-corrected chi connectivity index (χ3v) is 10.8. The van der Waals surface area contributed by atoms with Crippen molar-refractivity contribution in [1.29, 1.82) is 0 Å². The predicted octanol–water partition coefficient (Wildman–Crippen LogP) is 5.43.